The summed E-state index contributed by atoms with van der Waals surface area (Å²) in [6.07, 6.45) is 0.748. The molecule has 0 unspecified atom stereocenters. The van der Waals surface area contributed by atoms with Crippen molar-refractivity contribution in [1.82, 2.24) is 4.98 Å². The molecule has 0 aliphatic heterocycles. The minimum Gasteiger partial charge on any atom is -0.493 e. The lowest BCUT2D eigenvalue weighted by atomic mass is 9.81. The average Bonchev–Trinajstić information content (AvgIpc) is 2.80. The van der Waals surface area contributed by atoms with E-state index >= 15 is 0 Å². The first kappa shape index (κ1) is 22.3. The Morgan fingerprint density at radius 1 is 0.939 bits per heavy atom. The number of ketones is 1. The van der Waals surface area contributed by atoms with Crippen molar-refractivity contribution in [3.05, 3.63) is 86.3 Å². The molecule has 7 heteroatoms. The SMILES string of the molecule is COc1ccc([C@@H]2CC(=O)c3cc(C(=O)Nc4ccc(C)c(C)c4)c(=O)[nH]c3C2)cc1OC. The number of carbonyl (C=O) groups is 2. The van der Waals surface area contributed by atoms with E-state index in [9.17, 15) is 14.4 Å². The molecular weight excluding hydrogens is 420 g/mol. The van der Waals surface area contributed by atoms with Gasteiger partial charge in [0.1, 0.15) is 5.56 Å². The third kappa shape index (κ3) is 4.39. The zero-order valence-corrected chi connectivity index (χ0v) is 19.1. The summed E-state index contributed by atoms with van der Waals surface area (Å²) < 4.78 is 10.7. The number of aromatic nitrogens is 1. The van der Waals surface area contributed by atoms with E-state index in [-0.39, 0.29) is 23.7 Å². The van der Waals surface area contributed by atoms with Crippen molar-refractivity contribution < 1.29 is 19.1 Å². The Morgan fingerprint density at radius 3 is 2.39 bits per heavy atom. The summed E-state index contributed by atoms with van der Waals surface area (Å²) >= 11 is 0. The number of hydrogen-bond acceptors (Lipinski definition) is 5. The fourth-order valence-corrected chi connectivity index (χ4v) is 4.16. The third-order valence-corrected chi connectivity index (χ3v) is 6.19. The van der Waals surface area contributed by atoms with Gasteiger partial charge in [-0.15, -0.1) is 0 Å². The van der Waals surface area contributed by atoms with Gasteiger partial charge < -0.3 is 19.8 Å². The lowest BCUT2D eigenvalue weighted by Crippen LogP contribution is -2.29. The normalized spacial score (nSPS) is 15.0. The van der Waals surface area contributed by atoms with Gasteiger partial charge in [0, 0.05) is 23.4 Å². The molecule has 33 heavy (non-hydrogen) atoms. The molecule has 0 radical (unpaired) electrons. The lowest BCUT2D eigenvalue weighted by Gasteiger charge is -2.24. The number of fused-ring (bicyclic) bond motifs is 1. The second-order valence-electron chi connectivity index (χ2n) is 8.30. The monoisotopic (exact) mass is 446 g/mol. The van der Waals surface area contributed by atoms with Crippen molar-refractivity contribution in [3.8, 4) is 11.5 Å². The highest BCUT2D eigenvalue weighted by Crippen LogP contribution is 2.36. The van der Waals surface area contributed by atoms with E-state index in [0.717, 1.165) is 16.7 Å². The first-order valence-electron chi connectivity index (χ1n) is 10.7. The third-order valence-electron chi connectivity index (χ3n) is 6.19. The Labute approximate surface area is 191 Å². The first-order valence-corrected chi connectivity index (χ1v) is 10.7. The Balaban J connectivity index is 1.61. The van der Waals surface area contributed by atoms with E-state index < -0.39 is 11.5 Å². The number of anilines is 1. The molecule has 0 saturated heterocycles. The number of benzene rings is 2. The molecule has 1 aliphatic rings. The molecule has 3 aromatic rings. The minimum atomic E-state index is -0.544. The van der Waals surface area contributed by atoms with Gasteiger partial charge in [-0.1, -0.05) is 12.1 Å². The molecule has 0 fully saturated rings. The van der Waals surface area contributed by atoms with Crippen LogP contribution in [0.1, 0.15) is 55.4 Å². The van der Waals surface area contributed by atoms with E-state index in [1.54, 1.807) is 26.4 Å². The number of aryl methyl sites for hydroxylation is 2. The second kappa shape index (κ2) is 8.94. The van der Waals surface area contributed by atoms with E-state index in [2.05, 4.69) is 10.3 Å². The highest BCUT2D eigenvalue weighted by atomic mass is 16.5. The van der Waals surface area contributed by atoms with Gasteiger partial charge in [-0.2, -0.15) is 0 Å². The predicted octanol–water partition coefficient (Wildman–Crippen LogP) is 4.17. The molecule has 170 valence electrons. The van der Waals surface area contributed by atoms with Crippen molar-refractivity contribution in [2.24, 2.45) is 0 Å². The van der Waals surface area contributed by atoms with Crippen LogP contribution in [0.25, 0.3) is 0 Å². The summed E-state index contributed by atoms with van der Waals surface area (Å²) in [5.41, 5.74) is 3.98. The molecule has 2 aromatic carbocycles. The van der Waals surface area contributed by atoms with Gasteiger partial charge in [0.25, 0.3) is 11.5 Å². The first-order chi connectivity index (χ1) is 15.8. The number of Topliss-reactive ketones (excluding diaryl/α,β-unsaturated/α-hetero) is 1. The Hall–Kier alpha value is -3.87. The molecule has 7 nitrogen and oxygen atoms in total. The van der Waals surface area contributed by atoms with Crippen LogP contribution in [0.15, 0.2) is 47.3 Å². The topological polar surface area (TPSA) is 97.5 Å². The van der Waals surface area contributed by atoms with Gasteiger partial charge >= 0.3 is 0 Å². The van der Waals surface area contributed by atoms with Gasteiger partial charge in [0.15, 0.2) is 17.3 Å². The molecule has 1 amide bonds. The van der Waals surface area contributed by atoms with Gasteiger partial charge in [-0.25, -0.2) is 0 Å². The van der Waals surface area contributed by atoms with E-state index in [4.69, 9.17) is 9.47 Å². The fraction of sp³-hybridized carbons (Fsp3) is 0.269. The zero-order chi connectivity index (χ0) is 23.7. The van der Waals surface area contributed by atoms with Crippen LogP contribution in [0.4, 0.5) is 5.69 Å². The van der Waals surface area contributed by atoms with Crippen LogP contribution >= 0.6 is 0 Å². The number of carbonyl (C=O) groups excluding carboxylic acids is 2. The van der Waals surface area contributed by atoms with Gasteiger partial charge in [0.05, 0.1) is 14.2 Å². The summed E-state index contributed by atoms with van der Waals surface area (Å²) in [5.74, 6) is 0.414. The molecule has 1 heterocycles. The van der Waals surface area contributed by atoms with Crippen LogP contribution in [-0.2, 0) is 6.42 Å². The van der Waals surface area contributed by atoms with Crippen molar-refractivity contribution in [2.45, 2.75) is 32.6 Å². The number of ether oxygens (including phenoxy) is 2. The van der Waals surface area contributed by atoms with Crippen LogP contribution < -0.4 is 20.3 Å². The molecular formula is C26H26N2O5. The van der Waals surface area contributed by atoms with E-state index in [0.29, 0.717) is 34.9 Å². The number of H-pyrrole nitrogens is 1. The molecule has 1 aromatic heterocycles. The second-order valence-corrected chi connectivity index (χ2v) is 8.30. The Morgan fingerprint density at radius 2 is 1.70 bits per heavy atom. The molecule has 1 atom stereocenters. The summed E-state index contributed by atoms with van der Waals surface area (Å²) in [7, 11) is 3.13. The standard InChI is InChI=1S/C26H26N2O5/c1-14-5-7-18(9-15(14)2)27-25(30)20-13-19-21(28-26(20)31)10-17(11-22(19)29)16-6-8-23(32-3)24(12-16)33-4/h5-9,12-13,17H,10-11H2,1-4H3,(H,27,30)(H,28,31)/t17-/m0/s1. The average molecular weight is 447 g/mol. The minimum absolute atomic E-state index is 0.0788. The lowest BCUT2D eigenvalue weighted by molar-refractivity contribution is 0.0963. The summed E-state index contributed by atoms with van der Waals surface area (Å²) in [6, 6.07) is 12.5. The molecule has 1 aliphatic carbocycles. The molecule has 2 N–H and O–H groups in total. The van der Waals surface area contributed by atoms with Crippen molar-refractivity contribution in [2.75, 3.05) is 19.5 Å². The summed E-state index contributed by atoms with van der Waals surface area (Å²) in [5, 5.41) is 2.75. The Kier molecular flexibility index (Phi) is 6.05. The van der Waals surface area contributed by atoms with Crippen LogP contribution in [-0.4, -0.2) is 30.9 Å². The predicted molar refractivity (Wildman–Crippen MR) is 126 cm³/mol. The number of hydrogen-bond donors (Lipinski definition) is 2. The smallest absolute Gasteiger partial charge is 0.261 e. The Bertz CT molecular complexity index is 1310. The maximum atomic E-state index is 13.0. The largest absolute Gasteiger partial charge is 0.493 e. The number of amides is 1. The number of pyridine rings is 1. The van der Waals surface area contributed by atoms with Crippen LogP contribution in [0.2, 0.25) is 0 Å². The van der Waals surface area contributed by atoms with Crippen LogP contribution in [0.3, 0.4) is 0 Å². The highest BCUT2D eigenvalue weighted by molar-refractivity contribution is 6.06. The highest BCUT2D eigenvalue weighted by Gasteiger charge is 2.29. The maximum Gasteiger partial charge on any atom is 0.261 e. The number of aromatic amines is 1. The summed E-state index contributed by atoms with van der Waals surface area (Å²) in [4.78, 5) is 41.2. The number of rotatable bonds is 5. The molecule has 4 rings (SSSR count). The van der Waals surface area contributed by atoms with Crippen molar-refractivity contribution >= 4 is 17.4 Å². The number of methoxy groups -OCH3 is 2. The van der Waals surface area contributed by atoms with Crippen molar-refractivity contribution in [1.29, 1.82) is 0 Å². The van der Waals surface area contributed by atoms with E-state index in [1.807, 2.05) is 38.1 Å². The van der Waals surface area contributed by atoms with Gasteiger partial charge in [-0.3, -0.25) is 14.4 Å². The fourth-order valence-electron chi connectivity index (χ4n) is 4.16. The zero-order valence-electron chi connectivity index (χ0n) is 19.1. The van der Waals surface area contributed by atoms with Crippen LogP contribution in [0.5, 0.6) is 11.5 Å². The van der Waals surface area contributed by atoms with Gasteiger partial charge in [-0.05, 0) is 73.2 Å². The molecule has 0 spiro atoms. The molecule has 0 saturated carbocycles. The van der Waals surface area contributed by atoms with Gasteiger partial charge in [0.2, 0.25) is 0 Å². The van der Waals surface area contributed by atoms with E-state index in [1.165, 1.54) is 6.07 Å². The number of nitrogens with one attached hydrogen (secondary N) is 2. The summed E-state index contributed by atoms with van der Waals surface area (Å²) in [6.45, 7) is 3.93. The quantitative estimate of drug-likeness (QED) is 0.613. The van der Waals surface area contributed by atoms with Crippen molar-refractivity contribution in [3.63, 3.8) is 0 Å². The van der Waals surface area contributed by atoms with Crippen LogP contribution in [0, 0.1) is 13.8 Å². The molecule has 0 bridgehead atoms. The maximum absolute atomic E-state index is 13.0.